The van der Waals surface area contributed by atoms with Crippen LogP contribution >= 0.6 is 11.3 Å². The average molecular weight is 178 g/mol. The zero-order valence-corrected chi connectivity index (χ0v) is 8.29. The van der Waals surface area contributed by atoms with Gasteiger partial charge in [-0.2, -0.15) is 0 Å². The minimum absolute atomic E-state index is 0.960. The highest BCUT2D eigenvalue weighted by Crippen LogP contribution is 2.55. The van der Waals surface area contributed by atoms with Crippen molar-refractivity contribution < 1.29 is 0 Å². The summed E-state index contributed by atoms with van der Waals surface area (Å²) in [5.74, 6) is 1.93. The molecule has 0 spiro atoms. The zero-order chi connectivity index (χ0) is 8.13. The van der Waals surface area contributed by atoms with Crippen LogP contribution in [0.4, 0.5) is 0 Å². The molecule has 0 saturated heterocycles. The van der Waals surface area contributed by atoms with E-state index in [9.17, 15) is 0 Å². The molecule has 1 saturated carbocycles. The van der Waals surface area contributed by atoms with Crippen LogP contribution in [0, 0.1) is 0 Å². The average Bonchev–Trinajstić information content (AvgIpc) is 2.75. The third kappa shape index (κ3) is 0.779. The first-order valence-electron chi connectivity index (χ1n) is 5.01. The van der Waals surface area contributed by atoms with Crippen molar-refractivity contribution in [2.75, 3.05) is 0 Å². The van der Waals surface area contributed by atoms with Crippen LogP contribution in [0.2, 0.25) is 0 Å². The fourth-order valence-electron chi connectivity index (χ4n) is 2.79. The van der Waals surface area contributed by atoms with Gasteiger partial charge < -0.3 is 0 Å². The van der Waals surface area contributed by atoms with Crippen molar-refractivity contribution in [2.45, 2.75) is 44.4 Å². The van der Waals surface area contributed by atoms with Crippen molar-refractivity contribution >= 4 is 11.3 Å². The van der Waals surface area contributed by atoms with Crippen LogP contribution in [0.3, 0.4) is 0 Å². The quantitative estimate of drug-likeness (QED) is 0.615. The third-order valence-electron chi connectivity index (χ3n) is 3.43. The van der Waals surface area contributed by atoms with Gasteiger partial charge in [0.05, 0.1) is 0 Å². The maximum absolute atomic E-state index is 2.48. The monoisotopic (exact) mass is 178 g/mol. The predicted molar refractivity (Wildman–Crippen MR) is 53.0 cm³/mol. The molecular weight excluding hydrogens is 164 g/mol. The molecule has 2 aliphatic carbocycles. The maximum atomic E-state index is 2.48. The van der Waals surface area contributed by atoms with E-state index in [4.69, 9.17) is 0 Å². The summed E-state index contributed by atoms with van der Waals surface area (Å²) in [7, 11) is 0. The molecule has 2 bridgehead atoms. The molecule has 64 valence electrons. The Morgan fingerprint density at radius 2 is 2.25 bits per heavy atom. The predicted octanol–water partition coefficient (Wildman–Crippen LogP) is 3.68. The number of aryl methyl sites for hydroxylation is 1. The molecule has 0 aliphatic heterocycles. The van der Waals surface area contributed by atoms with Gasteiger partial charge in [0.15, 0.2) is 0 Å². The van der Waals surface area contributed by atoms with Gasteiger partial charge in [0.25, 0.3) is 0 Å². The molecule has 1 heterocycles. The Balaban J connectivity index is 2.10. The lowest BCUT2D eigenvalue weighted by atomic mass is 9.99. The van der Waals surface area contributed by atoms with E-state index in [-0.39, 0.29) is 0 Å². The molecule has 0 nitrogen and oxygen atoms in total. The molecule has 0 N–H and O–H groups in total. The summed E-state index contributed by atoms with van der Waals surface area (Å²) in [4.78, 5) is 3.36. The summed E-state index contributed by atoms with van der Waals surface area (Å²) in [6, 6.07) is 2.48. The minimum atomic E-state index is 0.960. The lowest BCUT2D eigenvalue weighted by molar-refractivity contribution is 0.728. The molecule has 0 radical (unpaired) electrons. The molecule has 3 rings (SSSR count). The van der Waals surface area contributed by atoms with Gasteiger partial charge in [-0.3, -0.25) is 0 Å². The fourth-order valence-corrected chi connectivity index (χ4v) is 4.13. The summed E-state index contributed by atoms with van der Waals surface area (Å²) < 4.78 is 0. The van der Waals surface area contributed by atoms with E-state index in [1.165, 1.54) is 25.7 Å². The van der Waals surface area contributed by atoms with Gasteiger partial charge in [-0.05, 0) is 49.1 Å². The van der Waals surface area contributed by atoms with E-state index in [0.29, 0.717) is 0 Å². The van der Waals surface area contributed by atoms with Gasteiger partial charge in [-0.1, -0.05) is 6.92 Å². The van der Waals surface area contributed by atoms with E-state index >= 15 is 0 Å². The molecule has 1 aromatic rings. The standard InChI is InChI=1S/C11H14S/c1-2-9-6-10-7-3-4-8(5-7)11(10)12-9/h6-8H,2-5H2,1H3. The Morgan fingerprint density at radius 1 is 1.42 bits per heavy atom. The molecular formula is C11H14S. The molecule has 2 atom stereocenters. The van der Waals surface area contributed by atoms with Crippen molar-refractivity contribution in [3.63, 3.8) is 0 Å². The minimum Gasteiger partial charge on any atom is -0.145 e. The van der Waals surface area contributed by atoms with Crippen molar-refractivity contribution in [1.29, 1.82) is 0 Å². The highest BCUT2D eigenvalue weighted by Gasteiger charge is 2.38. The van der Waals surface area contributed by atoms with E-state index < -0.39 is 0 Å². The number of thiophene rings is 1. The van der Waals surface area contributed by atoms with Crippen molar-refractivity contribution in [3.8, 4) is 0 Å². The molecule has 1 fully saturated rings. The largest absolute Gasteiger partial charge is 0.145 e. The number of hydrogen-bond acceptors (Lipinski definition) is 1. The summed E-state index contributed by atoms with van der Waals surface area (Å²) >= 11 is 2.09. The molecule has 0 aromatic carbocycles. The molecule has 2 aliphatic rings. The summed E-state index contributed by atoms with van der Waals surface area (Å²) in [6.07, 6.45) is 5.65. The van der Waals surface area contributed by atoms with Crippen molar-refractivity contribution in [2.24, 2.45) is 0 Å². The van der Waals surface area contributed by atoms with E-state index in [1.54, 1.807) is 15.3 Å². The van der Waals surface area contributed by atoms with Gasteiger partial charge >= 0.3 is 0 Å². The Kier molecular flexibility index (Phi) is 1.40. The normalized spacial score (nSPS) is 31.1. The Bertz CT molecular complexity index is 283. The molecule has 0 amide bonds. The van der Waals surface area contributed by atoms with Crippen molar-refractivity contribution in [1.82, 2.24) is 0 Å². The SMILES string of the molecule is CCc1cc2c(s1)C1CCC2C1. The Labute approximate surface area is 77.6 Å². The van der Waals surface area contributed by atoms with Gasteiger partial charge in [0.1, 0.15) is 0 Å². The summed E-state index contributed by atoms with van der Waals surface area (Å²) in [5.41, 5.74) is 1.73. The third-order valence-corrected chi connectivity index (χ3v) is 4.89. The van der Waals surface area contributed by atoms with E-state index in [0.717, 1.165) is 11.8 Å². The van der Waals surface area contributed by atoms with Crippen molar-refractivity contribution in [3.05, 3.63) is 21.4 Å². The van der Waals surface area contributed by atoms with Gasteiger partial charge in [0.2, 0.25) is 0 Å². The topological polar surface area (TPSA) is 0 Å². The van der Waals surface area contributed by atoms with E-state index in [1.807, 2.05) is 0 Å². The molecule has 2 unspecified atom stereocenters. The smallest absolute Gasteiger partial charge is 0.0114 e. The van der Waals surface area contributed by atoms with Crippen LogP contribution in [0.5, 0.6) is 0 Å². The maximum Gasteiger partial charge on any atom is 0.0114 e. The molecule has 1 heteroatoms. The van der Waals surface area contributed by atoms with Crippen LogP contribution in [-0.2, 0) is 6.42 Å². The second-order valence-electron chi connectivity index (χ2n) is 4.09. The molecule has 1 aromatic heterocycles. The Morgan fingerprint density at radius 3 is 3.00 bits per heavy atom. The first kappa shape index (κ1) is 7.14. The summed E-state index contributed by atoms with van der Waals surface area (Å²) in [5, 5.41) is 0. The first-order valence-corrected chi connectivity index (χ1v) is 5.82. The fraction of sp³-hybridized carbons (Fsp3) is 0.636. The van der Waals surface area contributed by atoms with Gasteiger partial charge in [-0.25, -0.2) is 0 Å². The highest BCUT2D eigenvalue weighted by atomic mass is 32.1. The Hall–Kier alpha value is -0.300. The number of rotatable bonds is 1. The van der Waals surface area contributed by atoms with Crippen LogP contribution in [-0.4, -0.2) is 0 Å². The zero-order valence-electron chi connectivity index (χ0n) is 7.47. The summed E-state index contributed by atoms with van der Waals surface area (Å²) in [6.45, 7) is 2.27. The second-order valence-corrected chi connectivity index (χ2v) is 5.26. The second kappa shape index (κ2) is 2.35. The van der Waals surface area contributed by atoms with Crippen LogP contribution in [0.15, 0.2) is 6.07 Å². The number of fused-ring (bicyclic) bond motifs is 5. The van der Waals surface area contributed by atoms with Crippen LogP contribution in [0.1, 0.15) is 53.3 Å². The van der Waals surface area contributed by atoms with Gasteiger partial charge in [-0.15, -0.1) is 11.3 Å². The van der Waals surface area contributed by atoms with E-state index in [2.05, 4.69) is 24.3 Å². The molecule has 12 heavy (non-hydrogen) atoms. The lowest BCUT2D eigenvalue weighted by Crippen LogP contribution is -1.91. The van der Waals surface area contributed by atoms with Gasteiger partial charge in [0, 0.05) is 9.75 Å². The number of hydrogen-bond donors (Lipinski definition) is 0. The van der Waals surface area contributed by atoms with Crippen LogP contribution < -0.4 is 0 Å². The lowest BCUT2D eigenvalue weighted by Gasteiger charge is -2.07. The highest BCUT2D eigenvalue weighted by molar-refractivity contribution is 7.12. The van der Waals surface area contributed by atoms with Crippen LogP contribution in [0.25, 0.3) is 0 Å². The first-order chi connectivity index (χ1) is 5.88.